The van der Waals surface area contributed by atoms with Gasteiger partial charge in [-0.3, -0.25) is 10.1 Å². The van der Waals surface area contributed by atoms with Crippen molar-refractivity contribution in [2.24, 2.45) is 16.7 Å². The van der Waals surface area contributed by atoms with Crippen LogP contribution >= 0.6 is 11.6 Å². The van der Waals surface area contributed by atoms with Crippen molar-refractivity contribution in [2.75, 3.05) is 5.32 Å². The van der Waals surface area contributed by atoms with Crippen LogP contribution in [0.2, 0.25) is 5.02 Å². The first-order valence-corrected chi connectivity index (χ1v) is 10.7. The van der Waals surface area contributed by atoms with Crippen molar-refractivity contribution < 1.29 is 14.7 Å². The van der Waals surface area contributed by atoms with Crippen molar-refractivity contribution >= 4 is 29.2 Å². The van der Waals surface area contributed by atoms with Gasteiger partial charge in [0.05, 0.1) is 10.7 Å². The van der Waals surface area contributed by atoms with Crippen molar-refractivity contribution in [3.63, 3.8) is 0 Å². The van der Waals surface area contributed by atoms with Crippen LogP contribution in [0.15, 0.2) is 42.5 Å². The number of phenols is 1. The van der Waals surface area contributed by atoms with Crippen LogP contribution in [0.4, 0.5) is 10.5 Å². The highest BCUT2D eigenvalue weighted by Crippen LogP contribution is 2.71. The summed E-state index contributed by atoms with van der Waals surface area (Å²) in [6.45, 7) is 7.00. The summed E-state index contributed by atoms with van der Waals surface area (Å²) in [5, 5.41) is 15.7. The number of halogens is 1. The Balaban J connectivity index is 1.51. The number of hydrogen-bond donors (Lipinski definition) is 3. The molecular formula is C24H27ClN2O3. The molecule has 30 heavy (non-hydrogen) atoms. The van der Waals surface area contributed by atoms with E-state index in [0.29, 0.717) is 11.5 Å². The molecule has 3 amide bonds. The molecule has 3 N–H and O–H groups in total. The fraction of sp³-hybridized carbons (Fsp3) is 0.417. The van der Waals surface area contributed by atoms with Crippen molar-refractivity contribution in [1.82, 2.24) is 5.32 Å². The number of carbonyl (C=O) groups excluding carboxylic acids is 2. The van der Waals surface area contributed by atoms with E-state index < -0.39 is 11.9 Å². The fourth-order valence-corrected chi connectivity index (χ4v) is 5.84. The Kier molecular flexibility index (Phi) is 5.05. The SMILES string of the molecule is CC1(C)C2CCC1(C)C(c1ccc(NC(=O)NC(=O)c3ccccc3)c(O)c1Cl)C2. The highest BCUT2D eigenvalue weighted by molar-refractivity contribution is 6.33. The Morgan fingerprint density at radius 3 is 2.40 bits per heavy atom. The van der Waals surface area contributed by atoms with Crippen molar-refractivity contribution in [3.8, 4) is 5.75 Å². The summed E-state index contributed by atoms with van der Waals surface area (Å²) in [6.07, 6.45) is 3.44. The number of nitrogens with one attached hydrogen (secondary N) is 2. The largest absolute Gasteiger partial charge is 0.504 e. The molecule has 0 heterocycles. The van der Waals surface area contributed by atoms with E-state index in [1.807, 2.05) is 6.07 Å². The van der Waals surface area contributed by atoms with Crippen LogP contribution in [-0.2, 0) is 0 Å². The summed E-state index contributed by atoms with van der Waals surface area (Å²) in [4.78, 5) is 24.4. The van der Waals surface area contributed by atoms with Crippen molar-refractivity contribution in [3.05, 3.63) is 58.6 Å². The number of benzene rings is 2. The lowest BCUT2D eigenvalue weighted by Crippen LogP contribution is -2.34. The molecule has 0 aromatic heterocycles. The molecule has 2 bridgehead atoms. The Hall–Kier alpha value is -2.53. The van der Waals surface area contributed by atoms with Crippen molar-refractivity contribution in [2.45, 2.75) is 46.0 Å². The van der Waals surface area contributed by atoms with Crippen LogP contribution in [0.1, 0.15) is 61.9 Å². The summed E-state index contributed by atoms with van der Waals surface area (Å²) >= 11 is 6.57. The molecule has 2 fully saturated rings. The maximum atomic E-state index is 12.2. The number of fused-ring (bicyclic) bond motifs is 2. The average Bonchev–Trinajstić information content (AvgIpc) is 3.06. The second-order valence-corrected chi connectivity index (χ2v) is 9.68. The van der Waals surface area contributed by atoms with Gasteiger partial charge in [0.15, 0.2) is 5.75 Å². The molecule has 0 spiro atoms. The van der Waals surface area contributed by atoms with Gasteiger partial charge in [-0.25, -0.2) is 4.79 Å². The lowest BCUT2D eigenvalue weighted by Gasteiger charge is -2.40. The number of imide groups is 1. The molecule has 0 radical (unpaired) electrons. The van der Waals surface area contributed by atoms with Gasteiger partial charge < -0.3 is 10.4 Å². The third-order valence-corrected chi connectivity index (χ3v) is 8.22. The van der Waals surface area contributed by atoms with Crippen molar-refractivity contribution in [1.29, 1.82) is 0 Å². The highest BCUT2D eigenvalue weighted by Gasteiger charge is 2.61. The normalized spacial score (nSPS) is 26.4. The Labute approximate surface area is 181 Å². The average molecular weight is 427 g/mol. The van der Waals surface area contributed by atoms with E-state index in [9.17, 15) is 14.7 Å². The molecule has 2 aromatic rings. The minimum Gasteiger partial charge on any atom is -0.504 e. The van der Waals surface area contributed by atoms with Gasteiger partial charge in [0.1, 0.15) is 0 Å². The standard InChI is InChI=1S/C24H27ClN2O3/c1-23(2)15-11-12-24(23,3)17(13-15)16-9-10-18(20(28)19(16)25)26-22(30)27-21(29)14-7-5-4-6-8-14/h4-10,15,17,28H,11-13H2,1-3H3,(H2,26,27,29,30). The highest BCUT2D eigenvalue weighted by atomic mass is 35.5. The third kappa shape index (κ3) is 3.16. The molecule has 3 unspecified atom stereocenters. The van der Waals surface area contributed by atoms with E-state index in [0.717, 1.165) is 18.4 Å². The molecule has 0 saturated heterocycles. The first-order valence-electron chi connectivity index (χ1n) is 10.3. The number of rotatable bonds is 3. The summed E-state index contributed by atoms with van der Waals surface area (Å²) < 4.78 is 0. The van der Waals surface area contributed by atoms with Gasteiger partial charge in [0.2, 0.25) is 0 Å². The number of hydrogen-bond acceptors (Lipinski definition) is 3. The lowest BCUT2D eigenvalue weighted by atomic mass is 9.65. The molecule has 158 valence electrons. The molecule has 2 aromatic carbocycles. The van der Waals surface area contributed by atoms with Gasteiger partial charge in [-0.05, 0) is 65.7 Å². The van der Waals surface area contributed by atoms with Gasteiger partial charge in [-0.15, -0.1) is 0 Å². The second kappa shape index (κ2) is 7.31. The smallest absolute Gasteiger partial charge is 0.326 e. The van der Waals surface area contributed by atoms with Crippen LogP contribution in [0.3, 0.4) is 0 Å². The van der Waals surface area contributed by atoms with Gasteiger partial charge in [-0.2, -0.15) is 0 Å². The van der Waals surface area contributed by atoms with Gasteiger partial charge in [0, 0.05) is 5.56 Å². The minimum atomic E-state index is -0.726. The van der Waals surface area contributed by atoms with E-state index in [4.69, 9.17) is 11.6 Å². The number of phenolic OH excluding ortho intramolecular Hbond substituents is 1. The van der Waals surface area contributed by atoms with E-state index >= 15 is 0 Å². The minimum absolute atomic E-state index is 0.127. The number of urea groups is 1. The quantitative estimate of drug-likeness (QED) is 0.531. The summed E-state index contributed by atoms with van der Waals surface area (Å²) in [7, 11) is 0. The van der Waals surface area contributed by atoms with Crippen LogP contribution in [0.5, 0.6) is 5.75 Å². The molecule has 2 saturated carbocycles. The molecule has 0 aliphatic heterocycles. The molecule has 5 nitrogen and oxygen atoms in total. The molecule has 2 aliphatic carbocycles. The van der Waals surface area contributed by atoms with Crippen LogP contribution in [0.25, 0.3) is 0 Å². The monoisotopic (exact) mass is 426 g/mol. The van der Waals surface area contributed by atoms with Gasteiger partial charge in [-0.1, -0.05) is 56.6 Å². The van der Waals surface area contributed by atoms with Crippen LogP contribution in [0, 0.1) is 16.7 Å². The number of anilines is 1. The van der Waals surface area contributed by atoms with Crippen LogP contribution in [-0.4, -0.2) is 17.0 Å². The summed E-state index contributed by atoms with van der Waals surface area (Å²) in [6, 6.07) is 11.3. The Morgan fingerprint density at radius 2 is 1.80 bits per heavy atom. The second-order valence-electron chi connectivity index (χ2n) is 9.30. The van der Waals surface area contributed by atoms with Gasteiger partial charge in [0.25, 0.3) is 5.91 Å². The zero-order valence-electron chi connectivity index (χ0n) is 17.5. The van der Waals surface area contributed by atoms with E-state index in [1.165, 1.54) is 6.42 Å². The molecular weight excluding hydrogens is 400 g/mol. The predicted molar refractivity (Wildman–Crippen MR) is 118 cm³/mol. The predicted octanol–water partition coefficient (Wildman–Crippen LogP) is 5.94. The Morgan fingerprint density at radius 1 is 1.10 bits per heavy atom. The fourth-order valence-electron chi connectivity index (χ4n) is 5.54. The maximum Gasteiger partial charge on any atom is 0.326 e. The maximum absolute atomic E-state index is 12.2. The topological polar surface area (TPSA) is 78.4 Å². The molecule has 3 atom stereocenters. The zero-order chi connectivity index (χ0) is 21.7. The number of carbonyl (C=O) groups is 2. The van der Waals surface area contributed by atoms with Gasteiger partial charge >= 0.3 is 6.03 Å². The number of aromatic hydroxyl groups is 1. The first kappa shape index (κ1) is 20.7. The lowest BCUT2D eigenvalue weighted by molar-refractivity contribution is 0.0967. The number of amides is 3. The molecule has 2 aliphatic rings. The summed E-state index contributed by atoms with van der Waals surface area (Å²) in [5.41, 5.74) is 1.83. The van der Waals surface area contributed by atoms with E-state index in [1.54, 1.807) is 36.4 Å². The molecule has 6 heteroatoms. The molecule has 4 rings (SSSR count). The van der Waals surface area contributed by atoms with Crippen LogP contribution < -0.4 is 10.6 Å². The summed E-state index contributed by atoms with van der Waals surface area (Å²) in [5.74, 6) is 0.235. The van der Waals surface area contributed by atoms with E-state index in [2.05, 4.69) is 31.4 Å². The zero-order valence-corrected chi connectivity index (χ0v) is 18.2. The first-order chi connectivity index (χ1) is 14.1. The third-order valence-electron chi connectivity index (χ3n) is 7.83. The Bertz CT molecular complexity index is 1010. The van der Waals surface area contributed by atoms with E-state index in [-0.39, 0.29) is 33.2 Å².